The van der Waals surface area contributed by atoms with Crippen LogP contribution in [0.4, 0.5) is 5.82 Å². The maximum absolute atomic E-state index is 6.26. The lowest BCUT2D eigenvalue weighted by atomic mass is 9.90. The summed E-state index contributed by atoms with van der Waals surface area (Å²) in [5, 5.41) is 0. The first-order chi connectivity index (χ1) is 8.92. The smallest absolute Gasteiger partial charge is 0.141 e. The molecule has 2 aromatic rings. The molecule has 19 heavy (non-hydrogen) atoms. The Morgan fingerprint density at radius 2 is 1.79 bits per heavy atom. The summed E-state index contributed by atoms with van der Waals surface area (Å²) in [5.74, 6) is 1.77. The van der Waals surface area contributed by atoms with Crippen LogP contribution in [-0.2, 0) is 13.0 Å². The highest BCUT2D eigenvalue weighted by Crippen LogP contribution is 2.28. The molecule has 0 aliphatic carbocycles. The van der Waals surface area contributed by atoms with Gasteiger partial charge in [-0.25, -0.2) is 4.98 Å². The molecule has 0 saturated carbocycles. The quantitative estimate of drug-likeness (QED) is 0.910. The fraction of sp³-hybridized carbons (Fsp3) is 0.438. The molecule has 2 N–H and O–H groups in total. The summed E-state index contributed by atoms with van der Waals surface area (Å²) in [5.41, 5.74) is 8.58. The lowest BCUT2D eigenvalue weighted by Crippen LogP contribution is -2.11. The molecule has 0 radical (unpaired) electrons. The number of anilines is 1. The summed E-state index contributed by atoms with van der Waals surface area (Å²) in [4.78, 5) is 4.77. The number of imidazole rings is 1. The summed E-state index contributed by atoms with van der Waals surface area (Å²) >= 11 is 0. The molecule has 1 heterocycles. The van der Waals surface area contributed by atoms with E-state index in [1.807, 2.05) is 18.2 Å². The van der Waals surface area contributed by atoms with Crippen molar-refractivity contribution in [2.45, 2.75) is 40.7 Å². The van der Waals surface area contributed by atoms with Crippen LogP contribution in [0.25, 0.3) is 11.4 Å². The molecule has 0 aliphatic heterocycles. The van der Waals surface area contributed by atoms with Gasteiger partial charge in [-0.05, 0) is 18.8 Å². The highest BCUT2D eigenvalue weighted by molar-refractivity contribution is 5.60. The minimum absolute atomic E-state index is 0.189. The van der Waals surface area contributed by atoms with E-state index in [0.29, 0.717) is 0 Å². The van der Waals surface area contributed by atoms with Crippen LogP contribution in [0.5, 0.6) is 0 Å². The maximum Gasteiger partial charge on any atom is 0.141 e. The fourth-order valence-corrected chi connectivity index (χ4v) is 2.28. The Morgan fingerprint density at radius 3 is 2.32 bits per heavy atom. The third-order valence-corrected chi connectivity index (χ3v) is 3.13. The predicted octanol–water partition coefficient (Wildman–Crippen LogP) is 3.74. The second kappa shape index (κ2) is 5.08. The first-order valence-electron chi connectivity index (χ1n) is 6.82. The maximum atomic E-state index is 6.26. The van der Waals surface area contributed by atoms with Crippen LogP contribution in [0.1, 0.15) is 33.4 Å². The lowest BCUT2D eigenvalue weighted by molar-refractivity contribution is 0.407. The number of benzene rings is 1. The SMILES string of the molecule is CCn1c(-c2ccccc2)nc(CC(C)(C)C)c1N. The van der Waals surface area contributed by atoms with Crippen LogP contribution in [0.3, 0.4) is 0 Å². The minimum Gasteiger partial charge on any atom is -0.384 e. The van der Waals surface area contributed by atoms with Crippen LogP contribution in [0.15, 0.2) is 30.3 Å². The van der Waals surface area contributed by atoms with Crippen LogP contribution >= 0.6 is 0 Å². The van der Waals surface area contributed by atoms with Gasteiger partial charge in [-0.15, -0.1) is 0 Å². The first-order valence-corrected chi connectivity index (χ1v) is 6.82. The second-order valence-electron chi connectivity index (χ2n) is 6.12. The van der Waals surface area contributed by atoms with Gasteiger partial charge in [-0.3, -0.25) is 0 Å². The summed E-state index contributed by atoms with van der Waals surface area (Å²) in [7, 11) is 0. The molecule has 0 spiro atoms. The fourth-order valence-electron chi connectivity index (χ4n) is 2.28. The highest BCUT2D eigenvalue weighted by atomic mass is 15.1. The molecule has 1 aromatic carbocycles. The molecule has 0 amide bonds. The van der Waals surface area contributed by atoms with E-state index in [1.165, 1.54) is 0 Å². The largest absolute Gasteiger partial charge is 0.384 e. The lowest BCUT2D eigenvalue weighted by Gasteiger charge is -2.16. The predicted molar refractivity (Wildman–Crippen MR) is 80.9 cm³/mol. The summed E-state index contributed by atoms with van der Waals surface area (Å²) < 4.78 is 2.09. The monoisotopic (exact) mass is 257 g/mol. The van der Waals surface area contributed by atoms with E-state index < -0.39 is 0 Å². The van der Waals surface area contributed by atoms with Crippen molar-refractivity contribution in [3.8, 4) is 11.4 Å². The van der Waals surface area contributed by atoms with Gasteiger partial charge < -0.3 is 10.3 Å². The molecule has 0 atom stereocenters. The Balaban J connectivity index is 2.48. The average molecular weight is 257 g/mol. The Morgan fingerprint density at radius 1 is 1.16 bits per heavy atom. The molecule has 0 aliphatic rings. The van der Waals surface area contributed by atoms with Gasteiger partial charge in [0.1, 0.15) is 11.6 Å². The standard InChI is InChI=1S/C16H23N3/c1-5-19-14(17)13(11-16(2,3)4)18-15(19)12-9-7-6-8-10-12/h6-10H,5,11,17H2,1-4H3. The van der Waals surface area contributed by atoms with Crippen molar-refractivity contribution < 1.29 is 0 Å². The van der Waals surface area contributed by atoms with Crippen molar-refractivity contribution in [3.05, 3.63) is 36.0 Å². The van der Waals surface area contributed by atoms with E-state index in [0.717, 1.165) is 35.9 Å². The molecule has 0 unspecified atom stereocenters. The van der Waals surface area contributed by atoms with E-state index in [1.54, 1.807) is 0 Å². The third kappa shape index (κ3) is 2.98. The topological polar surface area (TPSA) is 43.8 Å². The van der Waals surface area contributed by atoms with Crippen molar-refractivity contribution in [1.29, 1.82) is 0 Å². The first kappa shape index (κ1) is 13.7. The Kier molecular flexibility index (Phi) is 3.65. The summed E-state index contributed by atoms with van der Waals surface area (Å²) in [6.45, 7) is 9.57. The van der Waals surface area contributed by atoms with Crippen molar-refractivity contribution >= 4 is 5.82 Å². The van der Waals surface area contributed by atoms with E-state index in [2.05, 4.69) is 44.4 Å². The zero-order valence-electron chi connectivity index (χ0n) is 12.3. The van der Waals surface area contributed by atoms with E-state index >= 15 is 0 Å². The van der Waals surface area contributed by atoms with Crippen molar-refractivity contribution in [2.75, 3.05) is 5.73 Å². The molecule has 1 aromatic heterocycles. The zero-order valence-corrected chi connectivity index (χ0v) is 12.3. The van der Waals surface area contributed by atoms with Crippen LogP contribution < -0.4 is 5.73 Å². The molecule has 2 rings (SSSR count). The van der Waals surface area contributed by atoms with E-state index in [-0.39, 0.29) is 5.41 Å². The number of rotatable bonds is 3. The molecule has 102 valence electrons. The molecule has 0 fully saturated rings. The number of hydrogen-bond acceptors (Lipinski definition) is 2. The van der Waals surface area contributed by atoms with Crippen LogP contribution in [0, 0.1) is 5.41 Å². The van der Waals surface area contributed by atoms with Gasteiger partial charge in [0, 0.05) is 12.1 Å². The molecule has 0 saturated heterocycles. The van der Waals surface area contributed by atoms with Crippen molar-refractivity contribution in [1.82, 2.24) is 9.55 Å². The Hall–Kier alpha value is -1.77. The minimum atomic E-state index is 0.189. The number of aromatic nitrogens is 2. The van der Waals surface area contributed by atoms with Crippen molar-refractivity contribution in [2.24, 2.45) is 5.41 Å². The van der Waals surface area contributed by atoms with Crippen molar-refractivity contribution in [3.63, 3.8) is 0 Å². The number of nitrogens with zero attached hydrogens (tertiary/aromatic N) is 2. The number of nitrogens with two attached hydrogens (primary N) is 1. The van der Waals surface area contributed by atoms with Gasteiger partial charge in [0.2, 0.25) is 0 Å². The average Bonchev–Trinajstić information content (AvgIpc) is 2.65. The molecule has 3 heteroatoms. The number of nitrogen functional groups attached to an aromatic ring is 1. The summed E-state index contributed by atoms with van der Waals surface area (Å²) in [6, 6.07) is 10.2. The Labute approximate surface area is 115 Å². The molecule has 0 bridgehead atoms. The zero-order chi connectivity index (χ0) is 14.0. The van der Waals surface area contributed by atoms with Gasteiger partial charge in [0.05, 0.1) is 5.69 Å². The summed E-state index contributed by atoms with van der Waals surface area (Å²) in [6.07, 6.45) is 0.895. The molecular weight excluding hydrogens is 234 g/mol. The van der Waals surface area contributed by atoms with Crippen LogP contribution in [0.2, 0.25) is 0 Å². The highest BCUT2D eigenvalue weighted by Gasteiger charge is 2.20. The van der Waals surface area contributed by atoms with Gasteiger partial charge in [-0.1, -0.05) is 51.1 Å². The number of hydrogen-bond donors (Lipinski definition) is 1. The van der Waals surface area contributed by atoms with E-state index in [9.17, 15) is 0 Å². The van der Waals surface area contributed by atoms with E-state index in [4.69, 9.17) is 10.7 Å². The van der Waals surface area contributed by atoms with Gasteiger partial charge in [-0.2, -0.15) is 0 Å². The second-order valence-corrected chi connectivity index (χ2v) is 6.12. The van der Waals surface area contributed by atoms with Gasteiger partial charge in [0.15, 0.2) is 0 Å². The molecular formula is C16H23N3. The van der Waals surface area contributed by atoms with Crippen LogP contribution in [-0.4, -0.2) is 9.55 Å². The third-order valence-electron chi connectivity index (χ3n) is 3.13. The van der Waals surface area contributed by atoms with Gasteiger partial charge in [0.25, 0.3) is 0 Å². The normalized spacial score (nSPS) is 11.8. The molecule has 3 nitrogen and oxygen atoms in total. The Bertz CT molecular complexity index is 547. The van der Waals surface area contributed by atoms with Gasteiger partial charge >= 0.3 is 0 Å².